The molecule has 0 aliphatic rings. The average molecular weight is 330 g/mol. The third-order valence-corrected chi connectivity index (χ3v) is 4.64. The molecular formula is C16H17N3Se. The molecular weight excluding hydrogens is 313 g/mol. The Balaban J connectivity index is 1.91. The van der Waals surface area contributed by atoms with Crippen LogP contribution in [0.5, 0.6) is 0 Å². The van der Waals surface area contributed by atoms with E-state index in [1.165, 1.54) is 11.1 Å². The molecule has 0 spiro atoms. The van der Waals surface area contributed by atoms with Crippen molar-refractivity contribution in [2.75, 3.05) is 5.32 Å². The van der Waals surface area contributed by atoms with E-state index in [1.54, 1.807) is 0 Å². The number of hydrogen-bond donors (Lipinski definition) is 1. The van der Waals surface area contributed by atoms with Crippen molar-refractivity contribution in [1.29, 1.82) is 0 Å². The van der Waals surface area contributed by atoms with Crippen LogP contribution in [0.25, 0.3) is 11.0 Å². The van der Waals surface area contributed by atoms with Crippen molar-refractivity contribution in [3.8, 4) is 0 Å². The molecule has 0 saturated heterocycles. The molecule has 1 unspecified atom stereocenters. The Kier molecular flexibility index (Phi) is 3.86. The molecule has 20 heavy (non-hydrogen) atoms. The first kappa shape index (κ1) is 13.3. The fraction of sp³-hybridized carbons (Fsp3) is 0.250. The summed E-state index contributed by atoms with van der Waals surface area (Å²) in [5, 5.41) is 3.62. The molecule has 4 heteroatoms. The second-order valence-electron chi connectivity index (χ2n) is 4.95. The van der Waals surface area contributed by atoms with Crippen LogP contribution in [0.4, 0.5) is 5.69 Å². The Morgan fingerprint density at radius 1 is 1.10 bits per heavy atom. The van der Waals surface area contributed by atoms with E-state index in [-0.39, 0.29) is 15.0 Å². The quantitative estimate of drug-likeness (QED) is 0.743. The fourth-order valence-corrected chi connectivity index (χ4v) is 3.48. The zero-order valence-corrected chi connectivity index (χ0v) is 13.3. The second-order valence-corrected chi connectivity index (χ2v) is 6.06. The number of benzene rings is 2. The summed E-state index contributed by atoms with van der Waals surface area (Å²) >= 11 is 0.0195. The first-order chi connectivity index (χ1) is 9.78. The Morgan fingerprint density at radius 3 is 2.65 bits per heavy atom. The van der Waals surface area contributed by atoms with Gasteiger partial charge in [0.15, 0.2) is 0 Å². The SMILES string of the molecule is CCC(Nc1cccc2n[se]nc12)c1ccc(C)cc1. The molecule has 0 amide bonds. The molecule has 0 fully saturated rings. The molecule has 0 saturated carbocycles. The summed E-state index contributed by atoms with van der Waals surface area (Å²) in [5.41, 5.74) is 5.75. The van der Waals surface area contributed by atoms with E-state index in [1.807, 2.05) is 12.1 Å². The molecule has 3 aromatic rings. The topological polar surface area (TPSA) is 37.8 Å². The first-order valence-corrected chi connectivity index (χ1v) is 8.35. The van der Waals surface area contributed by atoms with Gasteiger partial charge in [0.25, 0.3) is 0 Å². The van der Waals surface area contributed by atoms with E-state index < -0.39 is 0 Å². The number of anilines is 1. The zero-order chi connectivity index (χ0) is 13.9. The van der Waals surface area contributed by atoms with Gasteiger partial charge in [-0.1, -0.05) is 0 Å². The van der Waals surface area contributed by atoms with Crippen LogP contribution in [0.2, 0.25) is 0 Å². The number of rotatable bonds is 4. The Labute approximate surface area is 125 Å². The van der Waals surface area contributed by atoms with Crippen molar-refractivity contribution in [2.45, 2.75) is 26.3 Å². The van der Waals surface area contributed by atoms with Crippen LogP contribution in [0.15, 0.2) is 42.5 Å². The van der Waals surface area contributed by atoms with Gasteiger partial charge < -0.3 is 0 Å². The number of nitrogens with zero attached hydrogens (tertiary/aromatic N) is 2. The fourth-order valence-electron chi connectivity index (χ4n) is 2.33. The molecule has 1 heterocycles. The predicted molar refractivity (Wildman–Crippen MR) is 84.3 cm³/mol. The Hall–Kier alpha value is -1.64. The van der Waals surface area contributed by atoms with Crippen molar-refractivity contribution in [3.63, 3.8) is 0 Å². The summed E-state index contributed by atoms with van der Waals surface area (Å²) in [7, 11) is 0. The molecule has 1 atom stereocenters. The minimum absolute atomic E-state index is 0.0195. The van der Waals surface area contributed by atoms with Gasteiger partial charge in [-0.25, -0.2) is 0 Å². The molecule has 0 radical (unpaired) electrons. The molecule has 102 valence electrons. The van der Waals surface area contributed by atoms with Crippen LogP contribution in [0, 0.1) is 6.92 Å². The molecule has 1 N–H and O–H groups in total. The first-order valence-electron chi connectivity index (χ1n) is 6.82. The number of aromatic nitrogens is 2. The van der Waals surface area contributed by atoms with Gasteiger partial charge in [-0.2, -0.15) is 0 Å². The van der Waals surface area contributed by atoms with E-state index in [9.17, 15) is 0 Å². The van der Waals surface area contributed by atoms with Gasteiger partial charge in [0.2, 0.25) is 0 Å². The third-order valence-electron chi connectivity index (χ3n) is 3.50. The van der Waals surface area contributed by atoms with Crippen molar-refractivity contribution in [1.82, 2.24) is 7.96 Å². The van der Waals surface area contributed by atoms with Gasteiger partial charge in [-0.3, -0.25) is 0 Å². The predicted octanol–water partition coefficient (Wildman–Crippen LogP) is 3.56. The summed E-state index contributed by atoms with van der Waals surface area (Å²) < 4.78 is 8.96. The number of nitrogens with one attached hydrogen (secondary N) is 1. The molecule has 3 rings (SSSR count). The molecule has 0 aliphatic heterocycles. The molecule has 1 aromatic heterocycles. The van der Waals surface area contributed by atoms with Gasteiger partial charge >= 0.3 is 125 Å². The molecule has 2 aromatic carbocycles. The molecule has 3 nitrogen and oxygen atoms in total. The molecule has 0 bridgehead atoms. The van der Waals surface area contributed by atoms with E-state index in [0.29, 0.717) is 6.04 Å². The van der Waals surface area contributed by atoms with E-state index in [4.69, 9.17) is 0 Å². The monoisotopic (exact) mass is 331 g/mol. The average Bonchev–Trinajstić information content (AvgIpc) is 2.95. The summed E-state index contributed by atoms with van der Waals surface area (Å²) in [5.74, 6) is 0. The van der Waals surface area contributed by atoms with E-state index >= 15 is 0 Å². The standard InChI is InChI=1S/C16H17N3Se/c1-3-13(12-9-7-11(2)8-10-12)17-14-5-4-6-15-16(14)19-20-18-15/h4-10,13,17H,3H2,1-2H3. The minimum atomic E-state index is 0.0195. The van der Waals surface area contributed by atoms with Crippen molar-refractivity contribution >= 4 is 31.7 Å². The summed E-state index contributed by atoms with van der Waals surface area (Å²) in [4.78, 5) is 0. The van der Waals surface area contributed by atoms with Crippen LogP contribution in [0.1, 0.15) is 30.5 Å². The third kappa shape index (κ3) is 2.62. The van der Waals surface area contributed by atoms with Gasteiger partial charge in [0.05, 0.1) is 0 Å². The van der Waals surface area contributed by atoms with Crippen LogP contribution in [0.3, 0.4) is 0 Å². The van der Waals surface area contributed by atoms with Crippen LogP contribution in [-0.4, -0.2) is 22.9 Å². The summed E-state index contributed by atoms with van der Waals surface area (Å²) in [6.45, 7) is 4.32. The Morgan fingerprint density at radius 2 is 1.90 bits per heavy atom. The molecule has 0 aliphatic carbocycles. The van der Waals surface area contributed by atoms with Crippen molar-refractivity contribution in [2.24, 2.45) is 0 Å². The van der Waals surface area contributed by atoms with Gasteiger partial charge in [0, 0.05) is 0 Å². The number of hydrogen-bond acceptors (Lipinski definition) is 3. The van der Waals surface area contributed by atoms with Gasteiger partial charge in [-0.15, -0.1) is 0 Å². The Bertz CT molecular complexity index is 703. The van der Waals surface area contributed by atoms with Gasteiger partial charge in [0.1, 0.15) is 0 Å². The summed E-state index contributed by atoms with van der Waals surface area (Å²) in [6, 6.07) is 15.2. The number of aryl methyl sites for hydroxylation is 1. The van der Waals surface area contributed by atoms with Crippen molar-refractivity contribution in [3.05, 3.63) is 53.6 Å². The van der Waals surface area contributed by atoms with Crippen molar-refractivity contribution < 1.29 is 0 Å². The van der Waals surface area contributed by atoms with E-state index in [0.717, 1.165) is 23.1 Å². The second kappa shape index (κ2) is 5.78. The summed E-state index contributed by atoms with van der Waals surface area (Å²) in [6.07, 6.45) is 1.04. The van der Waals surface area contributed by atoms with Crippen LogP contribution in [-0.2, 0) is 0 Å². The maximum absolute atomic E-state index is 4.53. The van der Waals surface area contributed by atoms with Gasteiger partial charge in [-0.05, 0) is 0 Å². The van der Waals surface area contributed by atoms with Crippen LogP contribution >= 0.6 is 0 Å². The number of fused-ring (bicyclic) bond motifs is 1. The van der Waals surface area contributed by atoms with Crippen LogP contribution < -0.4 is 5.32 Å². The van der Waals surface area contributed by atoms with E-state index in [2.05, 4.69) is 57.5 Å². The zero-order valence-electron chi connectivity index (χ0n) is 11.6. The normalized spacial score (nSPS) is 12.5. The maximum atomic E-state index is 4.53.